The standard InChI is InChI=1S/C20H26N4O6S/c1-20(2,3)30-19(26)24-10-8-15(9-11-24)22-13-14(12-21)18(25)23-16-4-6-17(7-5-16)31(27,28)29/h4-7,13,15,22H,8-11H2,1-3H3,(H,23,25)(H,27,28,29)/b14-13-. The van der Waals surface area contributed by atoms with Gasteiger partial charge in [0.25, 0.3) is 16.0 Å². The first-order valence-corrected chi connectivity index (χ1v) is 11.1. The van der Waals surface area contributed by atoms with Crippen molar-refractivity contribution in [2.45, 2.75) is 50.2 Å². The summed E-state index contributed by atoms with van der Waals surface area (Å²) in [7, 11) is -4.33. The molecule has 3 N–H and O–H groups in total. The minimum absolute atomic E-state index is 0.0103. The van der Waals surface area contributed by atoms with Crippen molar-refractivity contribution in [1.29, 1.82) is 5.26 Å². The van der Waals surface area contributed by atoms with Crippen molar-refractivity contribution >= 4 is 27.8 Å². The van der Waals surface area contributed by atoms with Crippen LogP contribution >= 0.6 is 0 Å². The molecule has 0 saturated carbocycles. The molecule has 1 aromatic rings. The number of hydrogen-bond acceptors (Lipinski definition) is 7. The lowest BCUT2D eigenvalue weighted by Gasteiger charge is -2.33. The third-order valence-electron chi connectivity index (χ3n) is 4.39. The third kappa shape index (κ3) is 7.58. The van der Waals surface area contributed by atoms with Gasteiger partial charge in [0.15, 0.2) is 0 Å². The first-order chi connectivity index (χ1) is 14.4. The quantitative estimate of drug-likeness (QED) is 0.351. The van der Waals surface area contributed by atoms with Crippen LogP contribution in [0.25, 0.3) is 0 Å². The Morgan fingerprint density at radius 3 is 2.29 bits per heavy atom. The molecule has 0 aromatic heterocycles. The van der Waals surface area contributed by atoms with Crippen LogP contribution in [0.4, 0.5) is 10.5 Å². The summed E-state index contributed by atoms with van der Waals surface area (Å²) >= 11 is 0. The average Bonchev–Trinajstić information content (AvgIpc) is 2.67. The van der Waals surface area contributed by atoms with Crippen LogP contribution in [0.1, 0.15) is 33.6 Å². The molecule has 0 bridgehead atoms. The largest absolute Gasteiger partial charge is 0.444 e. The molecule has 2 amide bonds. The molecule has 1 aromatic carbocycles. The molecular formula is C20H26N4O6S. The zero-order valence-electron chi connectivity index (χ0n) is 17.6. The van der Waals surface area contributed by atoms with E-state index in [1.807, 2.05) is 6.07 Å². The van der Waals surface area contributed by atoms with Crippen LogP contribution in [-0.4, -0.2) is 54.6 Å². The van der Waals surface area contributed by atoms with Gasteiger partial charge in [-0.3, -0.25) is 9.35 Å². The number of nitrogens with one attached hydrogen (secondary N) is 2. The first-order valence-electron chi connectivity index (χ1n) is 9.62. The van der Waals surface area contributed by atoms with Crippen LogP contribution in [0, 0.1) is 11.3 Å². The van der Waals surface area contributed by atoms with Crippen LogP contribution in [-0.2, 0) is 19.6 Å². The smallest absolute Gasteiger partial charge is 0.410 e. The Kier molecular flexibility index (Phi) is 7.65. The van der Waals surface area contributed by atoms with E-state index >= 15 is 0 Å². The highest BCUT2D eigenvalue weighted by Crippen LogP contribution is 2.16. The Bertz CT molecular complexity index is 982. The second kappa shape index (κ2) is 9.80. The molecule has 1 saturated heterocycles. The minimum Gasteiger partial charge on any atom is -0.444 e. The maximum absolute atomic E-state index is 12.3. The molecule has 0 spiro atoms. The van der Waals surface area contributed by atoms with E-state index < -0.39 is 21.6 Å². The number of carbonyl (C=O) groups is 2. The fraction of sp³-hybridized carbons (Fsp3) is 0.450. The van der Waals surface area contributed by atoms with Gasteiger partial charge >= 0.3 is 6.09 Å². The van der Waals surface area contributed by atoms with Gasteiger partial charge < -0.3 is 20.3 Å². The number of piperidine rings is 1. The van der Waals surface area contributed by atoms with Crippen molar-refractivity contribution in [2.24, 2.45) is 0 Å². The zero-order chi connectivity index (χ0) is 23.2. The lowest BCUT2D eigenvalue weighted by atomic mass is 10.1. The van der Waals surface area contributed by atoms with Crippen LogP contribution in [0.3, 0.4) is 0 Å². The molecule has 11 heteroatoms. The third-order valence-corrected chi connectivity index (χ3v) is 5.25. The van der Waals surface area contributed by atoms with Crippen molar-refractivity contribution < 1.29 is 27.3 Å². The van der Waals surface area contributed by atoms with E-state index in [1.54, 1.807) is 25.7 Å². The summed E-state index contributed by atoms with van der Waals surface area (Å²) in [6.07, 6.45) is 2.23. The van der Waals surface area contributed by atoms with Gasteiger partial charge in [0, 0.05) is 31.0 Å². The van der Waals surface area contributed by atoms with E-state index in [0.29, 0.717) is 25.9 Å². The highest BCUT2D eigenvalue weighted by Gasteiger charge is 2.26. The normalized spacial score (nSPS) is 15.7. The maximum atomic E-state index is 12.3. The number of nitrogens with zero attached hydrogens (tertiary/aromatic N) is 2. The van der Waals surface area contributed by atoms with Gasteiger partial charge in [-0.25, -0.2) is 4.79 Å². The molecule has 10 nitrogen and oxygen atoms in total. The number of benzene rings is 1. The zero-order valence-corrected chi connectivity index (χ0v) is 18.4. The molecule has 0 aliphatic carbocycles. The molecule has 1 heterocycles. The number of hydrogen-bond donors (Lipinski definition) is 3. The van der Waals surface area contributed by atoms with E-state index in [2.05, 4.69) is 10.6 Å². The maximum Gasteiger partial charge on any atom is 0.410 e. The van der Waals surface area contributed by atoms with Crippen molar-refractivity contribution in [3.8, 4) is 6.07 Å². The Labute approximate surface area is 181 Å². The van der Waals surface area contributed by atoms with Crippen LogP contribution < -0.4 is 10.6 Å². The Morgan fingerprint density at radius 2 is 1.81 bits per heavy atom. The van der Waals surface area contributed by atoms with Gasteiger partial charge in [0.2, 0.25) is 0 Å². The Balaban J connectivity index is 1.89. The van der Waals surface area contributed by atoms with E-state index in [0.717, 1.165) is 12.1 Å². The fourth-order valence-corrected chi connectivity index (χ4v) is 3.29. The van der Waals surface area contributed by atoms with Gasteiger partial charge in [-0.15, -0.1) is 0 Å². The van der Waals surface area contributed by atoms with E-state index in [-0.39, 0.29) is 28.3 Å². The molecule has 0 radical (unpaired) electrons. The first kappa shape index (κ1) is 24.2. The summed E-state index contributed by atoms with van der Waals surface area (Å²) in [5.74, 6) is -0.666. The molecular weight excluding hydrogens is 424 g/mol. The predicted molar refractivity (Wildman–Crippen MR) is 113 cm³/mol. The number of carbonyl (C=O) groups excluding carboxylic acids is 2. The monoisotopic (exact) mass is 450 g/mol. The van der Waals surface area contributed by atoms with Gasteiger partial charge in [-0.2, -0.15) is 13.7 Å². The number of rotatable bonds is 5. The van der Waals surface area contributed by atoms with E-state index in [9.17, 15) is 23.3 Å². The molecule has 168 valence electrons. The van der Waals surface area contributed by atoms with Gasteiger partial charge in [0.1, 0.15) is 17.2 Å². The van der Waals surface area contributed by atoms with Crippen LogP contribution in [0.2, 0.25) is 0 Å². The van der Waals surface area contributed by atoms with Crippen molar-refractivity contribution in [3.63, 3.8) is 0 Å². The molecule has 0 unspecified atom stereocenters. The van der Waals surface area contributed by atoms with Crippen LogP contribution in [0.15, 0.2) is 40.9 Å². The second-order valence-corrected chi connectivity index (χ2v) is 9.45. The fourth-order valence-electron chi connectivity index (χ4n) is 2.81. The van der Waals surface area contributed by atoms with Crippen molar-refractivity contribution in [3.05, 3.63) is 36.0 Å². The summed E-state index contributed by atoms with van der Waals surface area (Å²) in [5, 5.41) is 14.8. The lowest BCUT2D eigenvalue weighted by Crippen LogP contribution is -2.45. The molecule has 0 atom stereocenters. The number of ether oxygens (including phenoxy) is 1. The number of likely N-dealkylation sites (tertiary alicyclic amines) is 1. The summed E-state index contributed by atoms with van der Waals surface area (Å²) in [4.78, 5) is 25.7. The number of anilines is 1. The molecule has 1 fully saturated rings. The molecule has 1 aliphatic rings. The predicted octanol–water partition coefficient (Wildman–Crippen LogP) is 2.27. The van der Waals surface area contributed by atoms with Crippen LogP contribution in [0.5, 0.6) is 0 Å². The average molecular weight is 451 g/mol. The van der Waals surface area contributed by atoms with Gasteiger partial charge in [-0.1, -0.05) is 0 Å². The summed E-state index contributed by atoms with van der Waals surface area (Å²) in [6, 6.07) is 6.68. The molecule has 2 rings (SSSR count). The SMILES string of the molecule is CC(C)(C)OC(=O)N1CCC(N/C=C(/C#N)C(=O)Nc2ccc(S(=O)(=O)O)cc2)CC1. The Morgan fingerprint density at radius 1 is 1.23 bits per heavy atom. The second-order valence-electron chi connectivity index (χ2n) is 8.03. The summed E-state index contributed by atoms with van der Waals surface area (Å²) in [5.41, 5.74) is -0.450. The summed E-state index contributed by atoms with van der Waals surface area (Å²) < 4.78 is 36.4. The topological polar surface area (TPSA) is 149 Å². The highest BCUT2D eigenvalue weighted by atomic mass is 32.2. The Hall–Kier alpha value is -3.10. The number of nitriles is 1. The van der Waals surface area contributed by atoms with E-state index in [4.69, 9.17) is 9.29 Å². The van der Waals surface area contributed by atoms with Crippen molar-refractivity contribution in [1.82, 2.24) is 10.2 Å². The van der Waals surface area contributed by atoms with Crippen molar-refractivity contribution in [2.75, 3.05) is 18.4 Å². The minimum atomic E-state index is -4.33. The number of amides is 2. The lowest BCUT2D eigenvalue weighted by molar-refractivity contribution is -0.112. The highest BCUT2D eigenvalue weighted by molar-refractivity contribution is 7.85. The van der Waals surface area contributed by atoms with Gasteiger partial charge in [0.05, 0.1) is 4.90 Å². The molecule has 31 heavy (non-hydrogen) atoms. The van der Waals surface area contributed by atoms with E-state index in [1.165, 1.54) is 18.3 Å². The van der Waals surface area contributed by atoms with Gasteiger partial charge in [-0.05, 0) is 57.9 Å². The molecule has 1 aliphatic heterocycles. The summed E-state index contributed by atoms with van der Waals surface area (Å²) in [6.45, 7) is 6.41.